The lowest BCUT2D eigenvalue weighted by Gasteiger charge is -2.20. The Labute approximate surface area is 118 Å². The predicted octanol–water partition coefficient (Wildman–Crippen LogP) is 1.67. The highest BCUT2D eigenvalue weighted by atomic mass is 31.2. The molecule has 0 aliphatic carbocycles. The molecule has 2 atom stereocenters. The Morgan fingerprint density at radius 3 is 2.10 bits per heavy atom. The van der Waals surface area contributed by atoms with E-state index in [-0.39, 0.29) is 0 Å². The number of aliphatic hydroxyl groups is 1. The van der Waals surface area contributed by atoms with Gasteiger partial charge in [-0.1, -0.05) is 60.7 Å². The van der Waals surface area contributed by atoms with E-state index in [1.54, 1.807) is 0 Å². The van der Waals surface area contributed by atoms with E-state index in [1.807, 2.05) is 66.0 Å². The fourth-order valence-electron chi connectivity index (χ4n) is 2.13. The van der Waals surface area contributed by atoms with Crippen LogP contribution in [0.3, 0.4) is 0 Å². The molecule has 2 aromatic carbocycles. The zero-order valence-electron chi connectivity index (χ0n) is 11.1. The van der Waals surface area contributed by atoms with Gasteiger partial charge in [0.25, 0.3) is 7.37 Å². The van der Waals surface area contributed by atoms with E-state index in [0.29, 0.717) is 6.54 Å². The molecule has 0 saturated carbocycles. The van der Waals surface area contributed by atoms with E-state index in [1.165, 1.54) is 0 Å². The van der Waals surface area contributed by atoms with Gasteiger partial charge in [-0.2, -0.15) is 0 Å². The van der Waals surface area contributed by atoms with Gasteiger partial charge >= 0.3 is 0 Å². The van der Waals surface area contributed by atoms with Crippen LogP contribution in [0.5, 0.6) is 0 Å². The maximum atomic E-state index is 12.2. The third-order valence-corrected chi connectivity index (χ3v) is 4.98. The number of rotatable bonds is 6. The molecule has 5 heteroatoms. The van der Waals surface area contributed by atoms with Gasteiger partial charge in [-0.05, 0) is 0 Å². The summed E-state index contributed by atoms with van der Waals surface area (Å²) in [5.41, 5.74) is 1.83. The average molecular weight is 292 g/mol. The van der Waals surface area contributed by atoms with Crippen molar-refractivity contribution in [2.75, 3.05) is 6.35 Å². The van der Waals surface area contributed by atoms with Crippen molar-refractivity contribution < 1.29 is 19.9 Å². The second kappa shape index (κ2) is 6.82. The molecule has 0 saturated heterocycles. The Morgan fingerprint density at radius 1 is 1.00 bits per heavy atom. The molecule has 0 aromatic heterocycles. The average Bonchev–Trinajstić information content (AvgIpc) is 2.49. The maximum absolute atomic E-state index is 12.2. The molecule has 2 rings (SSSR count). The van der Waals surface area contributed by atoms with E-state index in [9.17, 15) is 14.6 Å². The van der Waals surface area contributed by atoms with Gasteiger partial charge in [0, 0.05) is 11.1 Å². The monoisotopic (exact) mass is 292 g/mol. The van der Waals surface area contributed by atoms with Crippen molar-refractivity contribution >= 4 is 7.37 Å². The van der Waals surface area contributed by atoms with Gasteiger partial charge in [0.05, 0.1) is 0 Å². The summed E-state index contributed by atoms with van der Waals surface area (Å²) in [6, 6.07) is 18.9. The third kappa shape index (κ3) is 3.78. The Bertz CT molecular complexity index is 574. The highest BCUT2D eigenvalue weighted by molar-refractivity contribution is 7.57. The van der Waals surface area contributed by atoms with E-state index >= 15 is 0 Å². The SMILES string of the molecule is O=P(O)(CO)[C@H]([NH2+]Cc1ccccc1)c1ccccc1. The van der Waals surface area contributed by atoms with Gasteiger partial charge in [-0.25, -0.2) is 0 Å². The van der Waals surface area contributed by atoms with Gasteiger partial charge in [-0.3, -0.25) is 4.57 Å². The van der Waals surface area contributed by atoms with Gasteiger partial charge in [0.2, 0.25) is 0 Å². The van der Waals surface area contributed by atoms with Crippen LogP contribution in [0.2, 0.25) is 0 Å². The lowest BCUT2D eigenvalue weighted by atomic mass is 10.2. The molecule has 4 nitrogen and oxygen atoms in total. The smallest absolute Gasteiger partial charge is 0.285 e. The third-order valence-electron chi connectivity index (χ3n) is 3.20. The van der Waals surface area contributed by atoms with Crippen molar-refractivity contribution in [2.45, 2.75) is 12.3 Å². The minimum absolute atomic E-state index is 0.588. The minimum Gasteiger partial charge on any atom is -0.386 e. The van der Waals surface area contributed by atoms with Crippen molar-refractivity contribution in [3.63, 3.8) is 0 Å². The Morgan fingerprint density at radius 2 is 1.55 bits per heavy atom. The largest absolute Gasteiger partial charge is 0.386 e. The van der Waals surface area contributed by atoms with E-state index < -0.39 is 19.5 Å². The minimum atomic E-state index is -3.64. The van der Waals surface area contributed by atoms with Crippen LogP contribution in [-0.4, -0.2) is 16.3 Å². The first-order chi connectivity index (χ1) is 9.63. The van der Waals surface area contributed by atoms with Gasteiger partial charge in [0.1, 0.15) is 12.9 Å². The van der Waals surface area contributed by atoms with Crippen LogP contribution in [0.1, 0.15) is 16.9 Å². The lowest BCUT2D eigenvalue weighted by molar-refractivity contribution is -0.692. The second-order valence-electron chi connectivity index (χ2n) is 4.68. The van der Waals surface area contributed by atoms with Gasteiger partial charge in [-0.15, -0.1) is 0 Å². The summed E-state index contributed by atoms with van der Waals surface area (Å²) in [6.45, 7) is 0.588. The number of nitrogens with two attached hydrogens (primary N) is 1. The summed E-state index contributed by atoms with van der Waals surface area (Å²) in [5.74, 6) is -0.645. The van der Waals surface area contributed by atoms with Gasteiger partial charge in [0.15, 0.2) is 5.78 Å². The van der Waals surface area contributed by atoms with E-state index in [2.05, 4.69) is 0 Å². The van der Waals surface area contributed by atoms with Crippen molar-refractivity contribution in [3.8, 4) is 0 Å². The Kier molecular flexibility index (Phi) is 5.10. The van der Waals surface area contributed by atoms with Crippen LogP contribution >= 0.6 is 7.37 Å². The molecule has 0 aliphatic rings. The van der Waals surface area contributed by atoms with Crippen LogP contribution in [0, 0.1) is 0 Å². The Balaban J connectivity index is 2.18. The number of aliphatic hydroxyl groups excluding tert-OH is 1. The fourth-order valence-corrected chi connectivity index (χ4v) is 3.38. The van der Waals surface area contributed by atoms with E-state index in [4.69, 9.17) is 0 Å². The predicted molar refractivity (Wildman–Crippen MR) is 78.2 cm³/mol. The summed E-state index contributed by atoms with van der Waals surface area (Å²) in [4.78, 5) is 9.99. The van der Waals surface area contributed by atoms with Crippen LogP contribution in [0.15, 0.2) is 60.7 Å². The number of hydrogen-bond donors (Lipinski definition) is 3. The van der Waals surface area contributed by atoms with Crippen molar-refractivity contribution in [3.05, 3.63) is 71.8 Å². The zero-order chi connectivity index (χ0) is 14.4. The fraction of sp³-hybridized carbons (Fsp3) is 0.200. The van der Waals surface area contributed by atoms with Crippen LogP contribution < -0.4 is 5.32 Å². The molecular weight excluding hydrogens is 273 g/mol. The summed E-state index contributed by atoms with van der Waals surface area (Å²) >= 11 is 0. The van der Waals surface area contributed by atoms with Gasteiger partial charge < -0.3 is 15.3 Å². The summed E-state index contributed by atoms with van der Waals surface area (Å²) in [6.07, 6.45) is -0.710. The molecule has 0 fully saturated rings. The Hall–Kier alpha value is -1.45. The molecule has 106 valence electrons. The summed E-state index contributed by atoms with van der Waals surface area (Å²) in [5, 5.41) is 11.0. The lowest BCUT2D eigenvalue weighted by Crippen LogP contribution is -2.83. The normalized spacial score (nSPS) is 15.5. The van der Waals surface area contributed by atoms with Crippen LogP contribution in [0.4, 0.5) is 0 Å². The number of benzene rings is 2. The molecule has 0 radical (unpaired) electrons. The standard InChI is InChI=1S/C15H18NO3P/c17-12-20(18,19)15(14-9-5-2-6-10-14)16-11-13-7-3-1-4-8-13/h1-10,15-17H,11-12H2,(H,18,19)/p+1/t15-/m0/s1. The van der Waals surface area contributed by atoms with Crippen molar-refractivity contribution in [2.24, 2.45) is 0 Å². The molecule has 0 spiro atoms. The van der Waals surface area contributed by atoms with Crippen LogP contribution in [0.25, 0.3) is 0 Å². The quantitative estimate of drug-likeness (QED) is 0.709. The molecule has 2 aromatic rings. The number of quaternary nitrogens is 1. The first-order valence-corrected chi connectivity index (χ1v) is 8.39. The van der Waals surface area contributed by atoms with E-state index in [0.717, 1.165) is 11.1 Å². The summed E-state index contributed by atoms with van der Waals surface area (Å²) in [7, 11) is -3.64. The first kappa shape index (κ1) is 14.9. The highest BCUT2D eigenvalue weighted by Crippen LogP contribution is 2.50. The molecule has 20 heavy (non-hydrogen) atoms. The molecular formula is C15H19NO3P+. The molecule has 0 bridgehead atoms. The molecule has 1 unspecified atom stereocenters. The highest BCUT2D eigenvalue weighted by Gasteiger charge is 2.34. The zero-order valence-corrected chi connectivity index (χ0v) is 12.0. The molecule has 0 aliphatic heterocycles. The molecule has 0 amide bonds. The van der Waals surface area contributed by atoms with Crippen molar-refractivity contribution in [1.82, 2.24) is 0 Å². The molecule has 4 N–H and O–H groups in total. The topological polar surface area (TPSA) is 74.1 Å². The summed E-state index contributed by atoms with van der Waals surface area (Å²) < 4.78 is 12.2. The maximum Gasteiger partial charge on any atom is 0.285 e. The van der Waals surface area contributed by atoms with Crippen molar-refractivity contribution in [1.29, 1.82) is 0 Å². The number of hydrogen-bond acceptors (Lipinski definition) is 2. The first-order valence-electron chi connectivity index (χ1n) is 6.48. The second-order valence-corrected chi connectivity index (χ2v) is 7.03. The van der Waals surface area contributed by atoms with Crippen LogP contribution in [-0.2, 0) is 11.1 Å². The molecule has 0 heterocycles.